The van der Waals surface area contributed by atoms with Gasteiger partial charge >= 0.3 is 0 Å². The van der Waals surface area contributed by atoms with Gasteiger partial charge in [0.15, 0.2) is 0 Å². The van der Waals surface area contributed by atoms with Crippen molar-refractivity contribution in [2.45, 2.75) is 51.4 Å². The van der Waals surface area contributed by atoms with Crippen LogP contribution in [0.4, 0.5) is 5.69 Å². The fourth-order valence-corrected chi connectivity index (χ4v) is 5.21. The lowest BCUT2D eigenvalue weighted by Crippen LogP contribution is -2.49. The van der Waals surface area contributed by atoms with Crippen LogP contribution in [-0.4, -0.2) is 60.9 Å². The van der Waals surface area contributed by atoms with Crippen LogP contribution in [0.2, 0.25) is 0 Å². The number of amides is 2. The fourth-order valence-electron chi connectivity index (χ4n) is 5.21. The van der Waals surface area contributed by atoms with E-state index in [-0.39, 0.29) is 0 Å². The van der Waals surface area contributed by atoms with Gasteiger partial charge in [-0.1, -0.05) is 31.0 Å². The number of hydrogen-bond donors (Lipinski definition) is 0. The van der Waals surface area contributed by atoms with Gasteiger partial charge in [0.25, 0.3) is 0 Å². The fraction of sp³-hybridized carbons (Fsp3) is 0.667. The van der Waals surface area contributed by atoms with Crippen molar-refractivity contribution in [3.8, 4) is 0 Å². The molecule has 2 saturated heterocycles. The average molecular weight is 398 g/mol. The molecule has 158 valence electrons. The van der Waals surface area contributed by atoms with Gasteiger partial charge in [-0.2, -0.15) is 0 Å². The second kappa shape index (κ2) is 9.64. The molecule has 0 spiro atoms. The van der Waals surface area contributed by atoms with Gasteiger partial charge in [-0.05, 0) is 50.2 Å². The Morgan fingerprint density at radius 3 is 2.10 bits per heavy atom. The molecular formula is C24H35N3O2. The second-order valence-corrected chi connectivity index (χ2v) is 8.99. The van der Waals surface area contributed by atoms with E-state index in [9.17, 15) is 9.59 Å². The van der Waals surface area contributed by atoms with Gasteiger partial charge in [-0.15, -0.1) is 0 Å². The summed E-state index contributed by atoms with van der Waals surface area (Å²) in [6.45, 7) is 5.26. The monoisotopic (exact) mass is 397 g/mol. The number of benzene rings is 1. The third kappa shape index (κ3) is 5.12. The zero-order valence-corrected chi connectivity index (χ0v) is 17.6. The number of likely N-dealkylation sites (tertiary alicyclic amines) is 1. The van der Waals surface area contributed by atoms with Gasteiger partial charge in [0.05, 0.1) is 0 Å². The molecule has 1 aromatic rings. The van der Waals surface area contributed by atoms with Gasteiger partial charge in [0.2, 0.25) is 11.8 Å². The Morgan fingerprint density at radius 2 is 1.45 bits per heavy atom. The van der Waals surface area contributed by atoms with E-state index < -0.39 is 0 Å². The number of para-hydroxylation sites is 1. The summed E-state index contributed by atoms with van der Waals surface area (Å²) >= 11 is 0. The number of anilines is 1. The summed E-state index contributed by atoms with van der Waals surface area (Å²) in [5.74, 6) is 1.59. The topological polar surface area (TPSA) is 43.9 Å². The Kier molecular flexibility index (Phi) is 6.73. The summed E-state index contributed by atoms with van der Waals surface area (Å²) in [5, 5.41) is 0. The van der Waals surface area contributed by atoms with Crippen molar-refractivity contribution >= 4 is 17.5 Å². The molecule has 4 rings (SSSR count). The molecule has 0 unspecified atom stereocenters. The maximum atomic E-state index is 12.7. The van der Waals surface area contributed by atoms with Crippen LogP contribution in [0, 0.1) is 11.8 Å². The lowest BCUT2D eigenvalue weighted by Gasteiger charge is -2.37. The summed E-state index contributed by atoms with van der Waals surface area (Å²) in [7, 11) is 0. The number of carbonyl (C=O) groups is 2. The SMILES string of the molecule is O=C(CCC1CCN(C(=O)C2CCCC2)CC1)N1CCN(c2ccccc2)CC1. The minimum absolute atomic E-state index is 0.294. The first kappa shape index (κ1) is 20.2. The Balaban J connectivity index is 1.15. The number of hydrogen-bond acceptors (Lipinski definition) is 3. The van der Waals surface area contributed by atoms with E-state index >= 15 is 0 Å². The highest BCUT2D eigenvalue weighted by Crippen LogP contribution is 2.29. The quantitative estimate of drug-likeness (QED) is 0.763. The lowest BCUT2D eigenvalue weighted by atomic mass is 9.91. The smallest absolute Gasteiger partial charge is 0.225 e. The third-order valence-electron chi connectivity index (χ3n) is 7.15. The summed E-state index contributed by atoms with van der Waals surface area (Å²) < 4.78 is 0. The minimum atomic E-state index is 0.294. The second-order valence-electron chi connectivity index (χ2n) is 8.99. The maximum Gasteiger partial charge on any atom is 0.225 e. The molecular weight excluding hydrogens is 362 g/mol. The van der Waals surface area contributed by atoms with E-state index in [2.05, 4.69) is 34.1 Å². The molecule has 2 aliphatic heterocycles. The van der Waals surface area contributed by atoms with Crippen molar-refractivity contribution in [3.63, 3.8) is 0 Å². The molecule has 5 heteroatoms. The first-order chi connectivity index (χ1) is 14.2. The Morgan fingerprint density at radius 1 is 0.793 bits per heavy atom. The van der Waals surface area contributed by atoms with E-state index in [1.165, 1.54) is 18.5 Å². The molecule has 2 amide bonds. The standard InChI is InChI=1S/C24H35N3O2/c28-23(26-18-16-25(17-19-26)22-8-2-1-3-9-22)11-10-20-12-14-27(15-13-20)24(29)21-6-4-5-7-21/h1-3,8-9,20-21H,4-7,10-19H2. The first-order valence-electron chi connectivity index (χ1n) is 11.6. The molecule has 3 fully saturated rings. The third-order valence-corrected chi connectivity index (χ3v) is 7.15. The molecule has 0 N–H and O–H groups in total. The number of piperidine rings is 1. The van der Waals surface area contributed by atoms with E-state index in [1.807, 2.05) is 11.0 Å². The summed E-state index contributed by atoms with van der Waals surface area (Å²) in [4.78, 5) is 31.7. The molecule has 1 aromatic carbocycles. The molecule has 3 aliphatic rings. The predicted molar refractivity (Wildman–Crippen MR) is 116 cm³/mol. The van der Waals surface area contributed by atoms with Crippen LogP contribution in [0.5, 0.6) is 0 Å². The molecule has 0 bridgehead atoms. The minimum Gasteiger partial charge on any atom is -0.368 e. The van der Waals surface area contributed by atoms with Crippen LogP contribution in [-0.2, 0) is 9.59 Å². The van der Waals surface area contributed by atoms with E-state index in [4.69, 9.17) is 0 Å². The first-order valence-corrected chi connectivity index (χ1v) is 11.6. The Labute approximate surface area is 175 Å². The Hall–Kier alpha value is -2.04. The van der Waals surface area contributed by atoms with Crippen LogP contribution in [0.15, 0.2) is 30.3 Å². The van der Waals surface area contributed by atoms with E-state index in [0.29, 0.717) is 30.1 Å². The number of rotatable bonds is 5. The largest absolute Gasteiger partial charge is 0.368 e. The van der Waals surface area contributed by atoms with Crippen LogP contribution >= 0.6 is 0 Å². The summed E-state index contributed by atoms with van der Waals surface area (Å²) in [5.41, 5.74) is 1.25. The van der Waals surface area contributed by atoms with Crippen molar-refractivity contribution < 1.29 is 9.59 Å². The van der Waals surface area contributed by atoms with Crippen molar-refractivity contribution in [2.75, 3.05) is 44.2 Å². The van der Waals surface area contributed by atoms with Crippen molar-refractivity contribution in [1.82, 2.24) is 9.80 Å². The normalized spacial score (nSPS) is 21.6. The molecule has 5 nitrogen and oxygen atoms in total. The number of piperazine rings is 1. The van der Waals surface area contributed by atoms with Crippen LogP contribution in [0.1, 0.15) is 51.4 Å². The summed E-state index contributed by atoms with van der Waals surface area (Å²) in [6.07, 6.45) is 8.37. The van der Waals surface area contributed by atoms with Crippen LogP contribution in [0.25, 0.3) is 0 Å². The highest BCUT2D eigenvalue weighted by atomic mass is 16.2. The van der Waals surface area contributed by atoms with Crippen molar-refractivity contribution in [2.24, 2.45) is 11.8 Å². The number of carbonyl (C=O) groups excluding carboxylic acids is 2. The Bertz CT molecular complexity index is 671. The zero-order chi connectivity index (χ0) is 20.1. The van der Waals surface area contributed by atoms with Gasteiger partial charge < -0.3 is 14.7 Å². The van der Waals surface area contributed by atoms with Gasteiger partial charge in [0.1, 0.15) is 0 Å². The lowest BCUT2D eigenvalue weighted by molar-refractivity contribution is -0.137. The molecule has 29 heavy (non-hydrogen) atoms. The van der Waals surface area contributed by atoms with Crippen LogP contribution in [0.3, 0.4) is 0 Å². The van der Waals surface area contributed by atoms with Crippen molar-refractivity contribution in [3.05, 3.63) is 30.3 Å². The molecule has 0 radical (unpaired) electrons. The molecule has 2 heterocycles. The van der Waals surface area contributed by atoms with Gasteiger partial charge in [-0.25, -0.2) is 0 Å². The van der Waals surface area contributed by atoms with Gasteiger partial charge in [0, 0.05) is 57.3 Å². The molecule has 0 aromatic heterocycles. The highest BCUT2D eigenvalue weighted by Gasteiger charge is 2.30. The van der Waals surface area contributed by atoms with E-state index in [0.717, 1.165) is 71.4 Å². The average Bonchev–Trinajstić information content (AvgIpc) is 3.33. The number of nitrogens with zero attached hydrogens (tertiary/aromatic N) is 3. The molecule has 0 atom stereocenters. The molecule has 1 saturated carbocycles. The van der Waals surface area contributed by atoms with Crippen LogP contribution < -0.4 is 4.90 Å². The maximum absolute atomic E-state index is 12.7. The van der Waals surface area contributed by atoms with Gasteiger partial charge in [-0.3, -0.25) is 9.59 Å². The zero-order valence-electron chi connectivity index (χ0n) is 17.6. The van der Waals surface area contributed by atoms with E-state index in [1.54, 1.807) is 0 Å². The predicted octanol–water partition coefficient (Wildman–Crippen LogP) is 3.54. The highest BCUT2D eigenvalue weighted by molar-refractivity contribution is 5.79. The van der Waals surface area contributed by atoms with Crippen molar-refractivity contribution in [1.29, 1.82) is 0 Å². The molecule has 1 aliphatic carbocycles. The summed E-state index contributed by atoms with van der Waals surface area (Å²) in [6, 6.07) is 10.5.